The Kier molecular flexibility index (Phi) is 4.83. The highest BCUT2D eigenvalue weighted by Gasteiger charge is 2.22. The van der Waals surface area contributed by atoms with E-state index in [2.05, 4.69) is 10.0 Å². The van der Waals surface area contributed by atoms with E-state index in [1.807, 2.05) is 0 Å². The zero-order chi connectivity index (χ0) is 13.8. The van der Waals surface area contributed by atoms with Gasteiger partial charge in [0.15, 0.2) is 0 Å². The molecule has 18 heavy (non-hydrogen) atoms. The zero-order valence-corrected chi connectivity index (χ0v) is 11.1. The fraction of sp³-hybridized carbons (Fsp3) is 0.364. The molecule has 1 unspecified atom stereocenters. The summed E-state index contributed by atoms with van der Waals surface area (Å²) in [4.78, 5) is 11.4. The Morgan fingerprint density at radius 2 is 2.00 bits per heavy atom. The number of carbonyl (C=O) groups is 1. The van der Waals surface area contributed by atoms with Gasteiger partial charge in [0.05, 0.1) is 10.9 Å². The van der Waals surface area contributed by atoms with Crippen LogP contribution in [0.3, 0.4) is 0 Å². The van der Waals surface area contributed by atoms with Crippen LogP contribution >= 0.6 is 0 Å². The Morgan fingerprint density at radius 3 is 2.56 bits per heavy atom. The summed E-state index contributed by atoms with van der Waals surface area (Å²) in [7, 11) is -2.30. The molecule has 0 aliphatic carbocycles. The molecular formula is C11H17N3O3S. The van der Waals surface area contributed by atoms with Crippen molar-refractivity contribution in [2.75, 3.05) is 7.05 Å². The first-order valence-corrected chi connectivity index (χ1v) is 6.92. The average Bonchev–Trinajstić information content (AvgIpc) is 2.37. The molecule has 0 radical (unpaired) electrons. The molecule has 4 N–H and O–H groups in total. The van der Waals surface area contributed by atoms with E-state index in [1.165, 1.54) is 20.0 Å². The maximum Gasteiger partial charge on any atom is 0.241 e. The van der Waals surface area contributed by atoms with E-state index in [9.17, 15) is 13.2 Å². The normalized spacial score (nSPS) is 13.1. The summed E-state index contributed by atoms with van der Waals surface area (Å²) in [5, 5.41) is 2.38. The lowest BCUT2D eigenvalue weighted by Gasteiger charge is -2.14. The molecule has 7 heteroatoms. The molecule has 0 fully saturated rings. The fourth-order valence-electron chi connectivity index (χ4n) is 1.50. The number of carbonyl (C=O) groups excluding carboxylic acids is 1. The summed E-state index contributed by atoms with van der Waals surface area (Å²) in [6.07, 6.45) is 0. The molecule has 0 saturated heterocycles. The van der Waals surface area contributed by atoms with E-state index in [1.54, 1.807) is 18.2 Å². The van der Waals surface area contributed by atoms with Crippen molar-refractivity contribution in [1.82, 2.24) is 10.0 Å². The third-order valence-electron chi connectivity index (χ3n) is 2.45. The predicted molar refractivity (Wildman–Crippen MR) is 68.2 cm³/mol. The van der Waals surface area contributed by atoms with E-state index < -0.39 is 22.0 Å². The minimum Gasteiger partial charge on any atom is -0.358 e. The van der Waals surface area contributed by atoms with Crippen LogP contribution in [0.25, 0.3) is 0 Å². The second kappa shape index (κ2) is 5.94. The van der Waals surface area contributed by atoms with E-state index in [0.29, 0.717) is 5.56 Å². The number of nitrogens with one attached hydrogen (secondary N) is 2. The smallest absolute Gasteiger partial charge is 0.241 e. The van der Waals surface area contributed by atoms with Gasteiger partial charge in [-0.15, -0.1) is 0 Å². The van der Waals surface area contributed by atoms with E-state index >= 15 is 0 Å². The van der Waals surface area contributed by atoms with Gasteiger partial charge in [0.2, 0.25) is 15.9 Å². The van der Waals surface area contributed by atoms with Crippen LogP contribution in [0.1, 0.15) is 12.5 Å². The Morgan fingerprint density at radius 1 is 1.39 bits per heavy atom. The lowest BCUT2D eigenvalue weighted by Crippen LogP contribution is -2.43. The van der Waals surface area contributed by atoms with Crippen LogP contribution in [-0.2, 0) is 21.4 Å². The third kappa shape index (κ3) is 3.28. The van der Waals surface area contributed by atoms with E-state index in [0.717, 1.165) is 0 Å². The minimum absolute atomic E-state index is 0.100. The Balaban J connectivity index is 3.03. The zero-order valence-electron chi connectivity index (χ0n) is 10.3. The van der Waals surface area contributed by atoms with Crippen molar-refractivity contribution in [3.05, 3.63) is 29.8 Å². The largest absolute Gasteiger partial charge is 0.358 e. The third-order valence-corrected chi connectivity index (χ3v) is 4.09. The molecule has 100 valence electrons. The van der Waals surface area contributed by atoms with Crippen molar-refractivity contribution in [3.8, 4) is 0 Å². The lowest BCUT2D eigenvalue weighted by molar-refractivity contribution is -0.121. The van der Waals surface area contributed by atoms with Crippen molar-refractivity contribution in [2.45, 2.75) is 24.4 Å². The fourth-order valence-corrected chi connectivity index (χ4v) is 2.95. The van der Waals surface area contributed by atoms with Gasteiger partial charge in [-0.3, -0.25) is 4.79 Å². The van der Waals surface area contributed by atoms with Crippen molar-refractivity contribution in [2.24, 2.45) is 5.73 Å². The summed E-state index contributed by atoms with van der Waals surface area (Å²) in [6, 6.07) is 5.58. The molecule has 0 heterocycles. The minimum atomic E-state index is -3.75. The quantitative estimate of drug-likeness (QED) is 0.675. The second-order valence-electron chi connectivity index (χ2n) is 3.77. The Labute approximate surface area is 107 Å². The number of nitrogens with two attached hydrogens (primary N) is 1. The second-order valence-corrected chi connectivity index (χ2v) is 5.45. The van der Waals surface area contributed by atoms with E-state index in [4.69, 9.17) is 5.73 Å². The highest BCUT2D eigenvalue weighted by molar-refractivity contribution is 7.89. The first-order chi connectivity index (χ1) is 8.42. The molecule has 0 spiro atoms. The molecular weight excluding hydrogens is 254 g/mol. The number of sulfonamides is 1. The highest BCUT2D eigenvalue weighted by Crippen LogP contribution is 2.14. The maximum atomic E-state index is 12.1. The van der Waals surface area contributed by atoms with Crippen molar-refractivity contribution in [3.63, 3.8) is 0 Å². The molecule has 6 nitrogen and oxygen atoms in total. The first kappa shape index (κ1) is 14.6. The molecule has 0 aromatic heterocycles. The number of hydrogen-bond donors (Lipinski definition) is 3. The monoisotopic (exact) mass is 271 g/mol. The van der Waals surface area contributed by atoms with Crippen molar-refractivity contribution >= 4 is 15.9 Å². The van der Waals surface area contributed by atoms with Crippen LogP contribution in [0.5, 0.6) is 0 Å². The summed E-state index contributed by atoms with van der Waals surface area (Å²) in [5.41, 5.74) is 6.00. The molecule has 1 aromatic rings. The highest BCUT2D eigenvalue weighted by atomic mass is 32.2. The number of rotatable bonds is 5. The lowest BCUT2D eigenvalue weighted by atomic mass is 10.2. The number of amides is 1. The van der Waals surface area contributed by atoms with Gasteiger partial charge in [0.1, 0.15) is 0 Å². The molecule has 1 atom stereocenters. The van der Waals surface area contributed by atoms with Crippen LogP contribution in [0.2, 0.25) is 0 Å². The number of benzene rings is 1. The van der Waals surface area contributed by atoms with Crippen LogP contribution in [0.15, 0.2) is 29.2 Å². The number of likely N-dealkylation sites (N-methyl/N-ethyl adjacent to an activating group) is 1. The van der Waals surface area contributed by atoms with Gasteiger partial charge in [0, 0.05) is 13.6 Å². The van der Waals surface area contributed by atoms with Crippen LogP contribution in [-0.4, -0.2) is 27.4 Å². The van der Waals surface area contributed by atoms with E-state index in [-0.39, 0.29) is 11.4 Å². The summed E-state index contributed by atoms with van der Waals surface area (Å²) < 4.78 is 26.5. The first-order valence-electron chi connectivity index (χ1n) is 5.44. The molecule has 0 saturated carbocycles. The van der Waals surface area contributed by atoms with Gasteiger partial charge in [-0.25, -0.2) is 8.42 Å². The van der Waals surface area contributed by atoms with Crippen LogP contribution < -0.4 is 15.8 Å². The molecule has 0 aliphatic rings. The molecule has 0 aliphatic heterocycles. The van der Waals surface area contributed by atoms with Crippen LogP contribution in [0.4, 0.5) is 0 Å². The average molecular weight is 271 g/mol. The molecule has 1 amide bonds. The SMILES string of the molecule is CNC(=O)C(C)NS(=O)(=O)c1ccccc1CN. The topological polar surface area (TPSA) is 101 Å². The van der Waals surface area contributed by atoms with Crippen LogP contribution in [0, 0.1) is 0 Å². The van der Waals surface area contributed by atoms with Gasteiger partial charge in [-0.2, -0.15) is 4.72 Å². The van der Waals surface area contributed by atoms with Gasteiger partial charge in [0.25, 0.3) is 0 Å². The van der Waals surface area contributed by atoms with Gasteiger partial charge in [-0.05, 0) is 18.6 Å². The number of hydrogen-bond acceptors (Lipinski definition) is 4. The summed E-state index contributed by atoms with van der Waals surface area (Å²) >= 11 is 0. The predicted octanol–water partition coefficient (Wildman–Crippen LogP) is -0.442. The molecule has 0 bridgehead atoms. The van der Waals surface area contributed by atoms with Crippen molar-refractivity contribution < 1.29 is 13.2 Å². The Bertz CT molecular complexity index is 528. The molecule has 1 rings (SSSR count). The van der Waals surface area contributed by atoms with Gasteiger partial charge in [-0.1, -0.05) is 18.2 Å². The summed E-state index contributed by atoms with van der Waals surface area (Å²) in [6.45, 7) is 1.59. The maximum absolute atomic E-state index is 12.1. The van der Waals surface area contributed by atoms with Gasteiger partial charge < -0.3 is 11.1 Å². The van der Waals surface area contributed by atoms with Crippen molar-refractivity contribution in [1.29, 1.82) is 0 Å². The van der Waals surface area contributed by atoms with Gasteiger partial charge >= 0.3 is 0 Å². The summed E-state index contributed by atoms with van der Waals surface area (Å²) in [5.74, 6) is -0.399. The standard InChI is InChI=1S/C11H17N3O3S/c1-8(11(15)13-2)14-18(16,17)10-6-4-3-5-9(10)7-12/h3-6,8,14H,7,12H2,1-2H3,(H,13,15). The molecule has 1 aromatic carbocycles. The Hall–Kier alpha value is -1.44.